The van der Waals surface area contributed by atoms with E-state index in [0.717, 1.165) is 5.75 Å². The van der Waals surface area contributed by atoms with Gasteiger partial charge in [-0.1, -0.05) is 0 Å². The number of hydrogen-bond donors (Lipinski definition) is 3. The fraction of sp³-hybridized carbons (Fsp3) is 0.700. The van der Waals surface area contributed by atoms with E-state index in [2.05, 4.69) is 10.1 Å². The molecule has 0 radical (unpaired) electrons. The number of aromatic nitrogens is 3. The zero-order valence-corrected chi connectivity index (χ0v) is 11.2. The van der Waals surface area contributed by atoms with Crippen molar-refractivity contribution in [1.82, 2.24) is 14.8 Å². The first kappa shape index (κ1) is 14.9. The smallest absolute Gasteiger partial charge is 0.325 e. The topological polar surface area (TPSA) is 114 Å². The number of nitrogens with zero attached hydrogens (tertiary/aromatic N) is 3. The van der Waals surface area contributed by atoms with Crippen LogP contribution in [0.2, 0.25) is 0 Å². The molecule has 1 aromatic heterocycles. The highest BCUT2D eigenvalue weighted by atomic mass is 32.2. The molecule has 0 bridgehead atoms. The molecule has 7 nitrogen and oxygen atoms in total. The Labute approximate surface area is 109 Å². The predicted octanol–water partition coefficient (Wildman–Crippen LogP) is -0.351. The van der Waals surface area contributed by atoms with Gasteiger partial charge in [-0.05, 0) is 13.2 Å². The van der Waals surface area contributed by atoms with Crippen molar-refractivity contribution < 1.29 is 15.0 Å². The van der Waals surface area contributed by atoms with Crippen LogP contribution in [-0.4, -0.2) is 49.1 Å². The first-order valence-corrected chi connectivity index (χ1v) is 6.93. The van der Waals surface area contributed by atoms with Crippen molar-refractivity contribution in [1.29, 1.82) is 0 Å². The Morgan fingerprint density at radius 2 is 2.28 bits per heavy atom. The number of aliphatic carboxylic acids is 1. The highest BCUT2D eigenvalue weighted by Gasteiger charge is 2.21. The summed E-state index contributed by atoms with van der Waals surface area (Å²) < 4.78 is 1.25. The third-order valence-corrected chi connectivity index (χ3v) is 2.99. The lowest BCUT2D eigenvalue weighted by atomic mass is 10.2. The molecular formula is C10H18N4O3S. The fourth-order valence-corrected chi connectivity index (χ4v) is 1.80. The molecule has 18 heavy (non-hydrogen) atoms. The lowest BCUT2D eigenvalue weighted by Gasteiger charge is -2.13. The second-order valence-corrected chi connectivity index (χ2v) is 4.93. The number of aliphatic hydroxyl groups is 1. The van der Waals surface area contributed by atoms with Crippen LogP contribution in [0.4, 0.5) is 0 Å². The average molecular weight is 274 g/mol. The molecule has 0 saturated heterocycles. The SMILES string of the molecule is CSCCc1nc([C@@H](N)[C@@H](C)O)n(CC(=O)O)n1. The minimum absolute atomic E-state index is 0.304. The zero-order valence-electron chi connectivity index (χ0n) is 10.4. The largest absolute Gasteiger partial charge is 0.480 e. The first-order valence-electron chi connectivity index (χ1n) is 5.53. The number of nitrogens with two attached hydrogens (primary N) is 1. The van der Waals surface area contributed by atoms with E-state index in [9.17, 15) is 9.90 Å². The van der Waals surface area contributed by atoms with E-state index in [1.807, 2.05) is 6.26 Å². The summed E-state index contributed by atoms with van der Waals surface area (Å²) in [5, 5.41) is 22.4. The maximum absolute atomic E-state index is 10.7. The molecule has 8 heteroatoms. The summed E-state index contributed by atoms with van der Waals surface area (Å²) >= 11 is 1.65. The molecule has 1 aromatic rings. The van der Waals surface area contributed by atoms with Gasteiger partial charge in [0.05, 0.1) is 12.1 Å². The number of carboxylic acids is 1. The maximum Gasteiger partial charge on any atom is 0.325 e. The number of carbonyl (C=O) groups is 1. The first-order chi connectivity index (χ1) is 8.45. The minimum atomic E-state index is -1.02. The lowest BCUT2D eigenvalue weighted by molar-refractivity contribution is -0.138. The number of aliphatic hydroxyl groups excluding tert-OH is 1. The van der Waals surface area contributed by atoms with Crippen LogP contribution in [0.3, 0.4) is 0 Å². The Balaban J connectivity index is 2.96. The Hall–Kier alpha value is -1.12. The highest BCUT2D eigenvalue weighted by molar-refractivity contribution is 7.98. The summed E-state index contributed by atoms with van der Waals surface area (Å²) in [7, 11) is 0. The van der Waals surface area contributed by atoms with E-state index in [4.69, 9.17) is 10.8 Å². The standard InChI is InChI=1S/C10H18N4O3S/c1-6(15)9(11)10-12-7(3-4-18-2)13-14(10)5-8(16)17/h6,9,15H,3-5,11H2,1-2H3,(H,16,17)/t6-,9+/m1/s1. The van der Waals surface area contributed by atoms with Gasteiger partial charge in [0.1, 0.15) is 12.4 Å². The summed E-state index contributed by atoms with van der Waals surface area (Å²) in [6.45, 7) is 1.23. The van der Waals surface area contributed by atoms with Gasteiger partial charge in [0.25, 0.3) is 0 Å². The van der Waals surface area contributed by atoms with Crippen LogP contribution >= 0.6 is 11.8 Å². The molecule has 0 aliphatic heterocycles. The Morgan fingerprint density at radius 3 is 2.78 bits per heavy atom. The molecule has 0 aliphatic rings. The van der Waals surface area contributed by atoms with Crippen LogP contribution in [0.1, 0.15) is 24.6 Å². The molecule has 0 aromatic carbocycles. The Bertz CT molecular complexity index is 408. The third kappa shape index (κ3) is 3.97. The maximum atomic E-state index is 10.7. The van der Waals surface area contributed by atoms with E-state index in [1.165, 1.54) is 11.6 Å². The van der Waals surface area contributed by atoms with Gasteiger partial charge in [-0.2, -0.15) is 16.9 Å². The van der Waals surface area contributed by atoms with Crippen molar-refractivity contribution in [3.05, 3.63) is 11.6 Å². The Kier molecular flexibility index (Phi) is 5.57. The van der Waals surface area contributed by atoms with Crippen LogP contribution < -0.4 is 5.73 Å². The van der Waals surface area contributed by atoms with Gasteiger partial charge in [-0.3, -0.25) is 4.79 Å². The van der Waals surface area contributed by atoms with Gasteiger partial charge in [-0.25, -0.2) is 9.67 Å². The molecule has 2 atom stereocenters. The zero-order chi connectivity index (χ0) is 13.7. The Morgan fingerprint density at radius 1 is 1.61 bits per heavy atom. The van der Waals surface area contributed by atoms with Gasteiger partial charge >= 0.3 is 5.97 Å². The van der Waals surface area contributed by atoms with Crippen LogP contribution in [0, 0.1) is 0 Å². The molecule has 102 valence electrons. The van der Waals surface area contributed by atoms with E-state index < -0.39 is 18.1 Å². The second-order valence-electron chi connectivity index (χ2n) is 3.95. The van der Waals surface area contributed by atoms with Gasteiger partial charge in [0.15, 0.2) is 5.82 Å². The average Bonchev–Trinajstić information content (AvgIpc) is 2.67. The summed E-state index contributed by atoms with van der Waals surface area (Å²) in [5.41, 5.74) is 5.78. The summed E-state index contributed by atoms with van der Waals surface area (Å²) in [6, 6.07) is -0.736. The van der Waals surface area contributed by atoms with Crippen molar-refractivity contribution >= 4 is 17.7 Å². The quantitative estimate of drug-likeness (QED) is 0.622. The minimum Gasteiger partial charge on any atom is -0.480 e. The molecule has 0 spiro atoms. The second kappa shape index (κ2) is 6.72. The van der Waals surface area contributed by atoms with E-state index in [1.54, 1.807) is 11.8 Å². The predicted molar refractivity (Wildman–Crippen MR) is 68.4 cm³/mol. The molecule has 0 unspecified atom stereocenters. The van der Waals surface area contributed by atoms with E-state index >= 15 is 0 Å². The van der Waals surface area contributed by atoms with Crippen molar-refractivity contribution in [2.24, 2.45) is 5.73 Å². The van der Waals surface area contributed by atoms with E-state index in [-0.39, 0.29) is 6.54 Å². The highest BCUT2D eigenvalue weighted by Crippen LogP contribution is 2.13. The molecule has 1 heterocycles. The summed E-state index contributed by atoms with van der Waals surface area (Å²) in [6.07, 6.45) is 1.81. The van der Waals surface area contributed by atoms with Crippen molar-refractivity contribution in [2.45, 2.75) is 32.0 Å². The number of aryl methyl sites for hydroxylation is 1. The van der Waals surface area contributed by atoms with Crippen molar-refractivity contribution in [3.8, 4) is 0 Å². The number of hydrogen-bond acceptors (Lipinski definition) is 6. The number of carboxylic acid groups (broad SMARTS) is 1. The molecule has 0 amide bonds. The van der Waals surface area contributed by atoms with Crippen LogP contribution in [0.15, 0.2) is 0 Å². The molecular weight excluding hydrogens is 256 g/mol. The lowest BCUT2D eigenvalue weighted by Crippen LogP contribution is -2.28. The number of thioether (sulfide) groups is 1. The molecule has 1 rings (SSSR count). The molecule has 0 saturated carbocycles. The van der Waals surface area contributed by atoms with Crippen molar-refractivity contribution in [3.63, 3.8) is 0 Å². The van der Waals surface area contributed by atoms with Gasteiger partial charge in [0, 0.05) is 12.2 Å². The van der Waals surface area contributed by atoms with Crippen LogP contribution in [0.25, 0.3) is 0 Å². The molecule has 0 fully saturated rings. The van der Waals surface area contributed by atoms with Crippen molar-refractivity contribution in [2.75, 3.05) is 12.0 Å². The van der Waals surface area contributed by atoms with Gasteiger partial charge < -0.3 is 15.9 Å². The van der Waals surface area contributed by atoms with Crippen LogP contribution in [0.5, 0.6) is 0 Å². The van der Waals surface area contributed by atoms with Gasteiger partial charge in [-0.15, -0.1) is 0 Å². The normalized spacial score (nSPS) is 14.4. The summed E-state index contributed by atoms with van der Waals surface area (Å²) in [4.78, 5) is 15.0. The monoisotopic (exact) mass is 274 g/mol. The molecule has 0 aliphatic carbocycles. The van der Waals surface area contributed by atoms with Crippen LogP contribution in [-0.2, 0) is 17.8 Å². The van der Waals surface area contributed by atoms with E-state index in [0.29, 0.717) is 18.1 Å². The fourth-order valence-electron chi connectivity index (χ4n) is 1.41. The summed E-state index contributed by atoms with van der Waals surface area (Å²) in [5.74, 6) is 0.691. The molecule has 4 N–H and O–H groups in total. The van der Waals surface area contributed by atoms with Gasteiger partial charge in [0.2, 0.25) is 0 Å². The number of rotatable bonds is 7. The third-order valence-electron chi connectivity index (χ3n) is 2.38.